The Hall–Kier alpha value is -1.84. The summed E-state index contributed by atoms with van der Waals surface area (Å²) in [5.74, 6) is -0.915. The summed E-state index contributed by atoms with van der Waals surface area (Å²) in [5, 5.41) is 15.7. The van der Waals surface area contributed by atoms with Gasteiger partial charge in [0, 0.05) is 17.6 Å². The van der Waals surface area contributed by atoms with Gasteiger partial charge in [0.2, 0.25) is 0 Å². The van der Waals surface area contributed by atoms with Crippen molar-refractivity contribution < 1.29 is 9.90 Å². The van der Waals surface area contributed by atoms with Gasteiger partial charge in [-0.25, -0.2) is 4.79 Å². The second-order valence-electron chi connectivity index (χ2n) is 5.15. The topological polar surface area (TPSA) is 52.9 Å². The molecule has 1 fully saturated rings. The van der Waals surface area contributed by atoms with Crippen LogP contribution in [0.3, 0.4) is 0 Å². The molecule has 4 nitrogen and oxygen atoms in total. The zero-order valence-electron chi connectivity index (χ0n) is 11.4. The van der Waals surface area contributed by atoms with Crippen molar-refractivity contribution in [2.45, 2.75) is 45.2 Å². The molecule has 2 unspecified atom stereocenters. The van der Waals surface area contributed by atoms with Crippen LogP contribution in [-0.4, -0.2) is 34.4 Å². The summed E-state index contributed by atoms with van der Waals surface area (Å²) >= 11 is 0. The van der Waals surface area contributed by atoms with Gasteiger partial charge in [-0.3, -0.25) is 5.01 Å². The Bertz CT molecular complexity index is 475. The highest BCUT2D eigenvalue weighted by atomic mass is 16.4. The molecule has 0 aliphatic carbocycles. The van der Waals surface area contributed by atoms with E-state index in [0.717, 1.165) is 12.8 Å². The van der Waals surface area contributed by atoms with Crippen LogP contribution in [0.5, 0.6) is 0 Å². The van der Waals surface area contributed by atoms with E-state index < -0.39 is 5.97 Å². The number of nitrogens with zero attached hydrogens (tertiary/aromatic N) is 2. The molecule has 2 atom stereocenters. The lowest BCUT2D eigenvalue weighted by Gasteiger charge is -2.36. The average molecular weight is 260 g/mol. The normalized spacial score (nSPS) is 23.8. The van der Waals surface area contributed by atoms with E-state index in [4.69, 9.17) is 5.11 Å². The van der Waals surface area contributed by atoms with Gasteiger partial charge in [0.05, 0.1) is 11.8 Å². The molecule has 0 radical (unpaired) electrons. The Morgan fingerprint density at radius 3 is 2.58 bits per heavy atom. The zero-order chi connectivity index (χ0) is 13.8. The quantitative estimate of drug-likeness (QED) is 0.850. The SMILES string of the molecule is CC1CCCC(C)N1N=Cc1ccccc1C(=O)O. The molecule has 1 aliphatic rings. The summed E-state index contributed by atoms with van der Waals surface area (Å²) in [5.41, 5.74) is 0.948. The lowest BCUT2D eigenvalue weighted by Crippen LogP contribution is -2.39. The van der Waals surface area contributed by atoms with Crippen molar-refractivity contribution >= 4 is 12.2 Å². The molecule has 0 saturated carbocycles. The van der Waals surface area contributed by atoms with Crippen molar-refractivity contribution in [2.24, 2.45) is 5.10 Å². The standard InChI is InChI=1S/C15H20N2O2/c1-11-6-5-7-12(2)17(11)16-10-13-8-3-4-9-14(13)15(18)19/h3-4,8-12H,5-7H2,1-2H3,(H,18,19). The zero-order valence-corrected chi connectivity index (χ0v) is 11.4. The Morgan fingerprint density at radius 1 is 1.32 bits per heavy atom. The monoisotopic (exact) mass is 260 g/mol. The Morgan fingerprint density at radius 2 is 1.95 bits per heavy atom. The number of rotatable bonds is 3. The summed E-state index contributed by atoms with van der Waals surface area (Å²) in [7, 11) is 0. The molecule has 1 aromatic rings. The van der Waals surface area contributed by atoms with Gasteiger partial charge >= 0.3 is 5.97 Å². The minimum atomic E-state index is -0.915. The second-order valence-corrected chi connectivity index (χ2v) is 5.15. The van der Waals surface area contributed by atoms with Crippen LogP contribution in [0.2, 0.25) is 0 Å². The molecule has 1 N–H and O–H groups in total. The Kier molecular flexibility index (Phi) is 4.20. The second kappa shape index (κ2) is 5.87. The Labute approximate surface area is 113 Å². The van der Waals surface area contributed by atoms with Gasteiger partial charge in [-0.2, -0.15) is 5.10 Å². The fourth-order valence-corrected chi connectivity index (χ4v) is 2.57. The highest BCUT2D eigenvalue weighted by molar-refractivity contribution is 5.98. The third-order valence-corrected chi connectivity index (χ3v) is 3.67. The van der Waals surface area contributed by atoms with Crippen molar-refractivity contribution in [1.82, 2.24) is 5.01 Å². The third kappa shape index (κ3) is 3.13. The molecular weight excluding hydrogens is 240 g/mol. The van der Waals surface area contributed by atoms with Gasteiger partial charge in [0.25, 0.3) is 0 Å². The van der Waals surface area contributed by atoms with Crippen molar-refractivity contribution in [2.75, 3.05) is 0 Å². The molecule has 4 heteroatoms. The van der Waals surface area contributed by atoms with Gasteiger partial charge < -0.3 is 5.11 Å². The van der Waals surface area contributed by atoms with Crippen LogP contribution in [0, 0.1) is 0 Å². The molecule has 0 bridgehead atoms. The third-order valence-electron chi connectivity index (χ3n) is 3.67. The first-order chi connectivity index (χ1) is 9.09. The molecule has 1 saturated heterocycles. The number of carboxylic acids is 1. The summed E-state index contributed by atoms with van der Waals surface area (Å²) in [4.78, 5) is 11.1. The highest BCUT2D eigenvalue weighted by Crippen LogP contribution is 2.22. The molecule has 1 heterocycles. The minimum Gasteiger partial charge on any atom is -0.478 e. The van der Waals surface area contributed by atoms with Crippen molar-refractivity contribution in [1.29, 1.82) is 0 Å². The fourth-order valence-electron chi connectivity index (χ4n) is 2.57. The summed E-state index contributed by atoms with van der Waals surface area (Å²) in [6.45, 7) is 4.33. The van der Waals surface area contributed by atoms with Crippen LogP contribution >= 0.6 is 0 Å². The molecule has 102 valence electrons. The van der Waals surface area contributed by atoms with Gasteiger partial charge in [0.1, 0.15) is 0 Å². The van der Waals surface area contributed by atoms with Gasteiger partial charge in [-0.05, 0) is 39.2 Å². The first-order valence-electron chi connectivity index (χ1n) is 6.74. The molecule has 19 heavy (non-hydrogen) atoms. The fraction of sp³-hybridized carbons (Fsp3) is 0.467. The average Bonchev–Trinajstić information content (AvgIpc) is 2.38. The number of benzene rings is 1. The van der Waals surface area contributed by atoms with Crippen molar-refractivity contribution in [3.8, 4) is 0 Å². The van der Waals surface area contributed by atoms with Gasteiger partial charge in [0.15, 0.2) is 0 Å². The largest absolute Gasteiger partial charge is 0.478 e. The molecule has 1 aliphatic heterocycles. The highest BCUT2D eigenvalue weighted by Gasteiger charge is 2.22. The maximum absolute atomic E-state index is 11.1. The molecular formula is C15H20N2O2. The van der Waals surface area contributed by atoms with E-state index >= 15 is 0 Å². The number of hydrogen-bond donors (Lipinski definition) is 1. The molecule has 2 rings (SSSR count). The summed E-state index contributed by atoms with van der Waals surface area (Å²) < 4.78 is 0. The number of aromatic carboxylic acids is 1. The van der Waals surface area contributed by atoms with E-state index in [-0.39, 0.29) is 0 Å². The number of hydrogen-bond acceptors (Lipinski definition) is 3. The molecule has 0 spiro atoms. The summed E-state index contributed by atoms with van der Waals surface area (Å²) in [6, 6.07) is 7.77. The number of carboxylic acid groups (broad SMARTS) is 1. The number of hydrazone groups is 1. The first kappa shape index (κ1) is 13.6. The lowest BCUT2D eigenvalue weighted by atomic mass is 10.00. The van der Waals surface area contributed by atoms with E-state index in [9.17, 15) is 4.79 Å². The van der Waals surface area contributed by atoms with Crippen molar-refractivity contribution in [3.63, 3.8) is 0 Å². The van der Waals surface area contributed by atoms with E-state index in [2.05, 4.69) is 24.0 Å². The maximum Gasteiger partial charge on any atom is 0.336 e. The first-order valence-corrected chi connectivity index (χ1v) is 6.74. The van der Waals surface area contributed by atoms with Crippen molar-refractivity contribution in [3.05, 3.63) is 35.4 Å². The van der Waals surface area contributed by atoms with Crippen LogP contribution in [-0.2, 0) is 0 Å². The van der Waals surface area contributed by atoms with E-state index in [1.54, 1.807) is 24.4 Å². The number of piperidine rings is 1. The van der Waals surface area contributed by atoms with Gasteiger partial charge in [-0.15, -0.1) is 0 Å². The van der Waals surface area contributed by atoms with Gasteiger partial charge in [-0.1, -0.05) is 18.2 Å². The van der Waals surface area contributed by atoms with E-state index in [0.29, 0.717) is 23.2 Å². The van der Waals surface area contributed by atoms with Crippen LogP contribution < -0.4 is 0 Å². The predicted molar refractivity (Wildman–Crippen MR) is 75.6 cm³/mol. The minimum absolute atomic E-state index is 0.295. The molecule has 0 aromatic heterocycles. The molecule has 1 aromatic carbocycles. The lowest BCUT2D eigenvalue weighted by molar-refractivity contribution is 0.0696. The van der Waals surface area contributed by atoms with E-state index in [1.165, 1.54) is 6.42 Å². The van der Waals surface area contributed by atoms with Crippen LogP contribution in [0.4, 0.5) is 0 Å². The van der Waals surface area contributed by atoms with E-state index in [1.807, 2.05) is 6.07 Å². The van der Waals surface area contributed by atoms with Crippen LogP contribution in [0.1, 0.15) is 49.0 Å². The maximum atomic E-state index is 11.1. The summed E-state index contributed by atoms with van der Waals surface area (Å²) in [6.07, 6.45) is 5.19. The Balaban J connectivity index is 2.20. The molecule has 0 amide bonds. The smallest absolute Gasteiger partial charge is 0.336 e. The number of carbonyl (C=O) groups is 1. The van der Waals surface area contributed by atoms with Crippen LogP contribution in [0.25, 0.3) is 0 Å². The predicted octanol–water partition coefficient (Wildman–Crippen LogP) is 2.98. The van der Waals surface area contributed by atoms with Crippen LogP contribution in [0.15, 0.2) is 29.4 Å².